The van der Waals surface area contributed by atoms with Gasteiger partial charge in [-0.25, -0.2) is 0 Å². The maximum absolute atomic E-state index is 5.80. The van der Waals surface area contributed by atoms with Gasteiger partial charge >= 0.3 is 0 Å². The molecule has 1 N–H and O–H groups in total. The number of hydrogen-bond acceptors (Lipinski definition) is 3. The standard InChI is InChI=1S/C14H23NOS/c1-4-7-15-11-13-10-12(2)5-6-14(13)16-8-9-17-3/h5-6,10,15H,4,7-9,11H2,1-3H3. The van der Waals surface area contributed by atoms with E-state index in [1.54, 1.807) is 0 Å². The number of rotatable bonds is 8. The van der Waals surface area contributed by atoms with E-state index in [0.29, 0.717) is 0 Å². The van der Waals surface area contributed by atoms with Crippen molar-refractivity contribution in [1.29, 1.82) is 0 Å². The van der Waals surface area contributed by atoms with Crippen molar-refractivity contribution >= 4 is 11.8 Å². The highest BCUT2D eigenvalue weighted by Crippen LogP contribution is 2.20. The summed E-state index contributed by atoms with van der Waals surface area (Å²) in [4.78, 5) is 0. The summed E-state index contributed by atoms with van der Waals surface area (Å²) in [5, 5.41) is 3.42. The maximum atomic E-state index is 5.80. The number of thioether (sulfide) groups is 1. The highest BCUT2D eigenvalue weighted by Gasteiger charge is 2.03. The van der Waals surface area contributed by atoms with E-state index in [4.69, 9.17) is 4.74 Å². The van der Waals surface area contributed by atoms with Crippen LogP contribution in [0.15, 0.2) is 18.2 Å². The van der Waals surface area contributed by atoms with Crippen LogP contribution in [0.1, 0.15) is 24.5 Å². The Kier molecular flexibility index (Phi) is 7.13. The van der Waals surface area contributed by atoms with Crippen LogP contribution >= 0.6 is 11.8 Å². The normalized spacial score (nSPS) is 10.5. The van der Waals surface area contributed by atoms with Gasteiger partial charge in [0, 0.05) is 17.9 Å². The Morgan fingerprint density at radius 2 is 2.18 bits per heavy atom. The van der Waals surface area contributed by atoms with E-state index in [9.17, 15) is 0 Å². The van der Waals surface area contributed by atoms with Crippen molar-refractivity contribution in [1.82, 2.24) is 5.32 Å². The van der Waals surface area contributed by atoms with Crippen LogP contribution in [0.3, 0.4) is 0 Å². The Bertz CT molecular complexity index is 328. The molecule has 1 aromatic rings. The molecule has 0 aliphatic carbocycles. The fraction of sp³-hybridized carbons (Fsp3) is 0.571. The summed E-state index contributed by atoms with van der Waals surface area (Å²) in [6.07, 6.45) is 3.26. The number of ether oxygens (including phenoxy) is 1. The molecule has 0 bridgehead atoms. The van der Waals surface area contributed by atoms with Crippen molar-refractivity contribution in [3.8, 4) is 5.75 Å². The van der Waals surface area contributed by atoms with Gasteiger partial charge in [-0.3, -0.25) is 0 Å². The number of aryl methyl sites for hydroxylation is 1. The van der Waals surface area contributed by atoms with Crippen LogP contribution in [0.2, 0.25) is 0 Å². The predicted molar refractivity (Wildman–Crippen MR) is 77.1 cm³/mol. The van der Waals surface area contributed by atoms with Crippen molar-refractivity contribution in [3.63, 3.8) is 0 Å². The fourth-order valence-corrected chi connectivity index (χ4v) is 1.87. The second kappa shape index (κ2) is 8.43. The van der Waals surface area contributed by atoms with Crippen LogP contribution in [-0.2, 0) is 6.54 Å². The van der Waals surface area contributed by atoms with Gasteiger partial charge in [-0.2, -0.15) is 11.8 Å². The predicted octanol–water partition coefficient (Wildman–Crippen LogP) is 3.24. The van der Waals surface area contributed by atoms with E-state index < -0.39 is 0 Å². The van der Waals surface area contributed by atoms with Crippen LogP contribution in [0.5, 0.6) is 5.75 Å². The van der Waals surface area contributed by atoms with Crippen molar-refractivity contribution in [2.45, 2.75) is 26.8 Å². The second-order valence-corrected chi connectivity index (χ2v) is 5.11. The number of nitrogens with one attached hydrogen (secondary N) is 1. The van der Waals surface area contributed by atoms with Crippen LogP contribution in [0, 0.1) is 6.92 Å². The Hall–Kier alpha value is -0.670. The molecule has 0 saturated heterocycles. The summed E-state index contributed by atoms with van der Waals surface area (Å²) >= 11 is 1.81. The molecular weight excluding hydrogens is 230 g/mol. The molecule has 0 aliphatic heterocycles. The summed E-state index contributed by atoms with van der Waals surface area (Å²) in [7, 11) is 0. The van der Waals surface area contributed by atoms with Gasteiger partial charge in [-0.05, 0) is 32.2 Å². The van der Waals surface area contributed by atoms with Gasteiger partial charge in [0.25, 0.3) is 0 Å². The zero-order valence-electron chi connectivity index (χ0n) is 11.1. The topological polar surface area (TPSA) is 21.3 Å². The van der Waals surface area contributed by atoms with Crippen molar-refractivity contribution in [2.75, 3.05) is 25.2 Å². The molecule has 2 nitrogen and oxygen atoms in total. The number of hydrogen-bond donors (Lipinski definition) is 1. The largest absolute Gasteiger partial charge is 0.492 e. The van der Waals surface area contributed by atoms with Gasteiger partial charge in [0.05, 0.1) is 6.61 Å². The maximum Gasteiger partial charge on any atom is 0.123 e. The van der Waals surface area contributed by atoms with E-state index in [1.807, 2.05) is 11.8 Å². The third kappa shape index (κ3) is 5.46. The molecule has 0 spiro atoms. The summed E-state index contributed by atoms with van der Waals surface area (Å²) in [5.74, 6) is 2.06. The lowest BCUT2D eigenvalue weighted by atomic mass is 10.1. The first-order chi connectivity index (χ1) is 8.27. The average Bonchev–Trinajstić information content (AvgIpc) is 2.32. The lowest BCUT2D eigenvalue weighted by molar-refractivity contribution is 0.339. The highest BCUT2D eigenvalue weighted by atomic mass is 32.2. The molecule has 0 fully saturated rings. The summed E-state index contributed by atoms with van der Waals surface area (Å²) < 4.78 is 5.80. The molecule has 3 heteroatoms. The fourth-order valence-electron chi connectivity index (χ4n) is 1.62. The van der Waals surface area contributed by atoms with Crippen LogP contribution < -0.4 is 10.1 Å². The molecule has 0 saturated carbocycles. The van der Waals surface area contributed by atoms with Crippen LogP contribution in [0.25, 0.3) is 0 Å². The smallest absolute Gasteiger partial charge is 0.123 e. The monoisotopic (exact) mass is 253 g/mol. The van der Waals surface area contributed by atoms with Crippen molar-refractivity contribution < 1.29 is 4.74 Å². The van der Waals surface area contributed by atoms with E-state index in [0.717, 1.165) is 37.6 Å². The SMILES string of the molecule is CCCNCc1cc(C)ccc1OCCSC. The van der Waals surface area contributed by atoms with E-state index in [1.165, 1.54) is 11.1 Å². The molecule has 0 aliphatic rings. The van der Waals surface area contributed by atoms with Crippen LogP contribution in [-0.4, -0.2) is 25.2 Å². The van der Waals surface area contributed by atoms with Gasteiger partial charge in [0.15, 0.2) is 0 Å². The molecular formula is C14H23NOS. The van der Waals surface area contributed by atoms with E-state index >= 15 is 0 Å². The first-order valence-corrected chi connectivity index (χ1v) is 7.59. The Morgan fingerprint density at radius 3 is 2.88 bits per heavy atom. The van der Waals surface area contributed by atoms with Gasteiger partial charge in [-0.1, -0.05) is 24.6 Å². The first kappa shape index (κ1) is 14.4. The lowest BCUT2D eigenvalue weighted by Gasteiger charge is -2.12. The molecule has 0 unspecified atom stereocenters. The molecule has 1 aromatic carbocycles. The minimum absolute atomic E-state index is 0.783. The second-order valence-electron chi connectivity index (χ2n) is 4.13. The first-order valence-electron chi connectivity index (χ1n) is 6.20. The van der Waals surface area contributed by atoms with E-state index in [2.05, 4.69) is 43.6 Å². The Balaban J connectivity index is 2.59. The Morgan fingerprint density at radius 1 is 1.35 bits per heavy atom. The molecule has 0 heterocycles. The molecule has 17 heavy (non-hydrogen) atoms. The summed E-state index contributed by atoms with van der Waals surface area (Å²) in [6, 6.07) is 6.40. The molecule has 1 rings (SSSR count). The Labute approximate surface area is 109 Å². The third-order valence-corrected chi connectivity index (χ3v) is 3.08. The van der Waals surface area contributed by atoms with E-state index in [-0.39, 0.29) is 0 Å². The molecule has 96 valence electrons. The minimum atomic E-state index is 0.783. The zero-order valence-corrected chi connectivity index (χ0v) is 11.9. The van der Waals surface area contributed by atoms with Gasteiger partial charge in [0.1, 0.15) is 5.75 Å². The summed E-state index contributed by atoms with van der Waals surface area (Å²) in [5.41, 5.74) is 2.55. The van der Waals surface area contributed by atoms with Crippen LogP contribution in [0.4, 0.5) is 0 Å². The average molecular weight is 253 g/mol. The third-order valence-electron chi connectivity index (χ3n) is 2.50. The van der Waals surface area contributed by atoms with Crippen molar-refractivity contribution in [3.05, 3.63) is 29.3 Å². The minimum Gasteiger partial charge on any atom is -0.492 e. The summed E-state index contributed by atoms with van der Waals surface area (Å²) in [6.45, 7) is 7.03. The van der Waals surface area contributed by atoms with Crippen molar-refractivity contribution in [2.24, 2.45) is 0 Å². The molecule has 0 amide bonds. The molecule has 0 atom stereocenters. The highest BCUT2D eigenvalue weighted by molar-refractivity contribution is 7.98. The zero-order chi connectivity index (χ0) is 12.5. The van der Waals surface area contributed by atoms with Gasteiger partial charge < -0.3 is 10.1 Å². The molecule has 0 radical (unpaired) electrons. The quantitative estimate of drug-likeness (QED) is 0.719. The molecule has 0 aromatic heterocycles. The number of benzene rings is 1. The lowest BCUT2D eigenvalue weighted by Crippen LogP contribution is -2.15. The van der Waals surface area contributed by atoms with Gasteiger partial charge in [0.2, 0.25) is 0 Å². The van der Waals surface area contributed by atoms with Gasteiger partial charge in [-0.15, -0.1) is 0 Å².